The monoisotopic (exact) mass is 312 g/mol. The van der Waals surface area contributed by atoms with Crippen LogP contribution in [0.5, 0.6) is 0 Å². The Morgan fingerprint density at radius 2 is 1.78 bits per heavy atom. The number of carbonyl (C=O) groups excluding carboxylic acids is 2. The number of hydrogen-bond donors (Lipinski definition) is 0. The molecule has 0 aliphatic rings. The van der Waals surface area contributed by atoms with Gasteiger partial charge in [0.25, 0.3) is 5.91 Å². The molecule has 0 fully saturated rings. The lowest BCUT2D eigenvalue weighted by Gasteiger charge is -2.29. The Hall–Kier alpha value is -2.69. The third kappa shape index (κ3) is 4.39. The van der Waals surface area contributed by atoms with Crippen molar-refractivity contribution in [3.05, 3.63) is 66.0 Å². The Kier molecular flexibility index (Phi) is 5.86. The molecular formula is C18H20N2O3. The van der Waals surface area contributed by atoms with E-state index in [4.69, 9.17) is 0 Å². The Labute approximate surface area is 135 Å². The Morgan fingerprint density at radius 3 is 2.39 bits per heavy atom. The van der Waals surface area contributed by atoms with Gasteiger partial charge in [-0.05, 0) is 24.6 Å². The molecule has 0 saturated heterocycles. The number of carbonyl (C=O) groups is 2. The lowest BCUT2D eigenvalue weighted by molar-refractivity contribution is -0.140. The summed E-state index contributed by atoms with van der Waals surface area (Å²) < 4.78 is 4.68. The van der Waals surface area contributed by atoms with Gasteiger partial charge in [-0.15, -0.1) is 0 Å². The summed E-state index contributed by atoms with van der Waals surface area (Å²) in [7, 11) is 1.35. The second-order valence-electron chi connectivity index (χ2n) is 5.15. The number of benzene rings is 1. The maximum atomic E-state index is 12.8. The maximum absolute atomic E-state index is 12.8. The fourth-order valence-electron chi connectivity index (χ4n) is 2.36. The van der Waals surface area contributed by atoms with Crippen molar-refractivity contribution in [2.75, 3.05) is 13.7 Å². The summed E-state index contributed by atoms with van der Waals surface area (Å²) in [6.07, 6.45) is 3.32. The van der Waals surface area contributed by atoms with Crippen LogP contribution in [-0.4, -0.2) is 35.4 Å². The molecule has 2 aromatic rings. The van der Waals surface area contributed by atoms with Crippen LogP contribution in [0.3, 0.4) is 0 Å². The van der Waals surface area contributed by atoms with Gasteiger partial charge < -0.3 is 9.64 Å². The van der Waals surface area contributed by atoms with Crippen LogP contribution in [0.15, 0.2) is 54.9 Å². The van der Waals surface area contributed by atoms with Gasteiger partial charge in [-0.2, -0.15) is 0 Å². The highest BCUT2D eigenvalue weighted by atomic mass is 16.5. The predicted octanol–water partition coefficient (Wildman–Crippen LogP) is 2.85. The van der Waals surface area contributed by atoms with Crippen molar-refractivity contribution in [1.82, 2.24) is 9.88 Å². The van der Waals surface area contributed by atoms with Crippen LogP contribution in [0.1, 0.15) is 35.3 Å². The maximum Gasteiger partial charge on any atom is 0.307 e. The molecule has 1 amide bonds. The first-order valence-corrected chi connectivity index (χ1v) is 7.46. The molecule has 1 aromatic carbocycles. The van der Waals surface area contributed by atoms with Crippen molar-refractivity contribution >= 4 is 11.9 Å². The normalized spacial score (nSPS) is 11.6. The fourth-order valence-corrected chi connectivity index (χ4v) is 2.36. The zero-order valence-corrected chi connectivity index (χ0v) is 13.3. The number of ether oxygens (including phenoxy) is 1. The molecule has 0 spiro atoms. The SMILES string of the molecule is COC(=O)CCN(C(=O)c1ccncc1)C(C)c1ccccc1. The molecule has 120 valence electrons. The lowest BCUT2D eigenvalue weighted by Crippen LogP contribution is -2.35. The van der Waals surface area contributed by atoms with Gasteiger partial charge >= 0.3 is 5.97 Å². The molecule has 5 heteroatoms. The number of rotatable bonds is 6. The van der Waals surface area contributed by atoms with E-state index in [9.17, 15) is 9.59 Å². The van der Waals surface area contributed by atoms with Gasteiger partial charge in [0.15, 0.2) is 0 Å². The standard InChI is InChI=1S/C18H20N2O3/c1-14(15-6-4-3-5-7-15)20(13-10-17(21)23-2)18(22)16-8-11-19-12-9-16/h3-9,11-12,14H,10,13H2,1-2H3. The molecule has 0 bridgehead atoms. The largest absolute Gasteiger partial charge is 0.469 e. The van der Waals surface area contributed by atoms with E-state index in [2.05, 4.69) is 9.72 Å². The quantitative estimate of drug-likeness (QED) is 0.770. The van der Waals surface area contributed by atoms with Crippen molar-refractivity contribution in [1.29, 1.82) is 0 Å². The summed E-state index contributed by atoms with van der Waals surface area (Å²) in [5.41, 5.74) is 1.56. The zero-order chi connectivity index (χ0) is 16.7. The first kappa shape index (κ1) is 16.7. The number of esters is 1. The first-order valence-electron chi connectivity index (χ1n) is 7.46. The van der Waals surface area contributed by atoms with Gasteiger partial charge in [0.1, 0.15) is 0 Å². The van der Waals surface area contributed by atoms with Crippen molar-refractivity contribution < 1.29 is 14.3 Å². The molecule has 0 aliphatic carbocycles. The van der Waals surface area contributed by atoms with Crippen LogP contribution in [0, 0.1) is 0 Å². The van der Waals surface area contributed by atoms with Crippen LogP contribution in [0.25, 0.3) is 0 Å². The Balaban J connectivity index is 2.24. The number of nitrogens with zero attached hydrogens (tertiary/aromatic N) is 2. The van der Waals surface area contributed by atoms with Gasteiger partial charge in [0.2, 0.25) is 0 Å². The number of hydrogen-bond acceptors (Lipinski definition) is 4. The first-order chi connectivity index (χ1) is 11.1. The van der Waals surface area contributed by atoms with E-state index in [1.807, 2.05) is 37.3 Å². The Morgan fingerprint density at radius 1 is 1.13 bits per heavy atom. The molecule has 0 saturated carbocycles. The summed E-state index contributed by atoms with van der Waals surface area (Å²) in [6, 6.07) is 12.9. The minimum absolute atomic E-state index is 0.132. The molecular weight excluding hydrogens is 292 g/mol. The van der Waals surface area contributed by atoms with Crippen LogP contribution in [0.2, 0.25) is 0 Å². The molecule has 1 atom stereocenters. The Bertz CT molecular complexity index is 644. The van der Waals surface area contributed by atoms with Crippen molar-refractivity contribution in [2.24, 2.45) is 0 Å². The van der Waals surface area contributed by atoms with E-state index in [0.29, 0.717) is 12.1 Å². The highest BCUT2D eigenvalue weighted by Crippen LogP contribution is 2.22. The average Bonchev–Trinajstić information content (AvgIpc) is 2.62. The van der Waals surface area contributed by atoms with Crippen LogP contribution in [0.4, 0.5) is 0 Å². The highest BCUT2D eigenvalue weighted by molar-refractivity contribution is 5.94. The van der Waals surface area contributed by atoms with E-state index >= 15 is 0 Å². The molecule has 0 radical (unpaired) electrons. The summed E-state index contributed by atoms with van der Waals surface area (Å²) >= 11 is 0. The number of amides is 1. The number of methoxy groups -OCH3 is 1. The number of aromatic nitrogens is 1. The van der Waals surface area contributed by atoms with Crippen molar-refractivity contribution in [2.45, 2.75) is 19.4 Å². The van der Waals surface area contributed by atoms with Gasteiger partial charge in [0.05, 0.1) is 19.6 Å². The molecule has 0 N–H and O–H groups in total. The van der Waals surface area contributed by atoms with Gasteiger partial charge in [-0.25, -0.2) is 0 Å². The number of pyridine rings is 1. The molecule has 23 heavy (non-hydrogen) atoms. The van der Waals surface area contributed by atoms with Gasteiger partial charge in [-0.3, -0.25) is 14.6 Å². The molecule has 0 aliphatic heterocycles. The third-order valence-electron chi connectivity index (χ3n) is 3.72. The minimum atomic E-state index is -0.335. The highest BCUT2D eigenvalue weighted by Gasteiger charge is 2.23. The molecule has 1 aromatic heterocycles. The molecule has 2 rings (SSSR count). The molecule has 1 heterocycles. The van der Waals surface area contributed by atoms with E-state index < -0.39 is 0 Å². The lowest BCUT2D eigenvalue weighted by atomic mass is 10.1. The second-order valence-corrected chi connectivity index (χ2v) is 5.15. The summed E-state index contributed by atoms with van der Waals surface area (Å²) in [4.78, 5) is 29.9. The molecule has 1 unspecified atom stereocenters. The van der Waals surface area contributed by atoms with Gasteiger partial charge in [-0.1, -0.05) is 30.3 Å². The second kappa shape index (κ2) is 8.08. The van der Waals surface area contributed by atoms with E-state index in [-0.39, 0.29) is 24.3 Å². The van der Waals surface area contributed by atoms with Crippen LogP contribution < -0.4 is 0 Å². The smallest absolute Gasteiger partial charge is 0.307 e. The molecule has 5 nitrogen and oxygen atoms in total. The topological polar surface area (TPSA) is 59.5 Å². The van der Waals surface area contributed by atoms with Crippen LogP contribution >= 0.6 is 0 Å². The average molecular weight is 312 g/mol. The summed E-state index contributed by atoms with van der Waals surface area (Å²) in [5.74, 6) is -0.467. The van der Waals surface area contributed by atoms with E-state index in [1.165, 1.54) is 7.11 Å². The van der Waals surface area contributed by atoms with Crippen LogP contribution in [-0.2, 0) is 9.53 Å². The fraction of sp³-hybridized carbons (Fsp3) is 0.278. The van der Waals surface area contributed by atoms with Crippen molar-refractivity contribution in [3.8, 4) is 0 Å². The van der Waals surface area contributed by atoms with Gasteiger partial charge in [0, 0.05) is 24.5 Å². The minimum Gasteiger partial charge on any atom is -0.469 e. The third-order valence-corrected chi connectivity index (χ3v) is 3.72. The van der Waals surface area contributed by atoms with E-state index in [0.717, 1.165) is 5.56 Å². The zero-order valence-electron chi connectivity index (χ0n) is 13.3. The summed E-state index contributed by atoms with van der Waals surface area (Å²) in [5, 5.41) is 0. The van der Waals surface area contributed by atoms with Crippen molar-refractivity contribution in [3.63, 3.8) is 0 Å². The predicted molar refractivity (Wildman–Crippen MR) is 86.8 cm³/mol. The summed E-state index contributed by atoms with van der Waals surface area (Å²) in [6.45, 7) is 2.25. The van der Waals surface area contributed by atoms with E-state index in [1.54, 1.807) is 29.4 Å².